The highest BCUT2D eigenvalue weighted by molar-refractivity contribution is 6.30. The van der Waals surface area contributed by atoms with E-state index < -0.39 is 0 Å². The lowest BCUT2D eigenvalue weighted by atomic mass is 10.0. The van der Waals surface area contributed by atoms with Gasteiger partial charge < -0.3 is 10.6 Å². The van der Waals surface area contributed by atoms with Gasteiger partial charge in [0.2, 0.25) is 0 Å². The second kappa shape index (κ2) is 7.76. The Morgan fingerprint density at radius 1 is 1.32 bits per heavy atom. The van der Waals surface area contributed by atoms with Crippen LogP contribution >= 0.6 is 11.6 Å². The highest BCUT2D eigenvalue weighted by Crippen LogP contribution is 2.27. The van der Waals surface area contributed by atoms with E-state index in [9.17, 15) is 0 Å². The fraction of sp³-hybridized carbons (Fsp3) is 0.625. The van der Waals surface area contributed by atoms with Gasteiger partial charge in [-0.1, -0.05) is 31.9 Å². The minimum absolute atomic E-state index is 0.201. The van der Waals surface area contributed by atoms with Crippen molar-refractivity contribution in [3.8, 4) is 0 Å². The van der Waals surface area contributed by atoms with Crippen molar-refractivity contribution in [3.05, 3.63) is 28.8 Å². The van der Waals surface area contributed by atoms with Gasteiger partial charge in [-0.25, -0.2) is 0 Å². The van der Waals surface area contributed by atoms with Crippen LogP contribution in [0.15, 0.2) is 18.2 Å². The van der Waals surface area contributed by atoms with Crippen LogP contribution < -0.4 is 10.6 Å². The second-order valence-corrected chi connectivity index (χ2v) is 5.83. The molecule has 2 atom stereocenters. The molecular weight excluding hydrogens is 256 g/mol. The van der Waals surface area contributed by atoms with Gasteiger partial charge in [0.15, 0.2) is 0 Å². The van der Waals surface area contributed by atoms with Crippen molar-refractivity contribution in [2.45, 2.75) is 58.5 Å². The Bertz CT molecular complexity index is 392. The van der Waals surface area contributed by atoms with Crippen molar-refractivity contribution < 1.29 is 0 Å². The van der Waals surface area contributed by atoms with Crippen molar-refractivity contribution in [3.63, 3.8) is 0 Å². The highest BCUT2D eigenvalue weighted by Gasteiger charge is 2.15. The van der Waals surface area contributed by atoms with E-state index in [-0.39, 0.29) is 6.04 Å². The summed E-state index contributed by atoms with van der Waals surface area (Å²) < 4.78 is 0. The maximum atomic E-state index is 6.13. The number of anilines is 1. The molecule has 0 saturated heterocycles. The Hall–Kier alpha value is -0.730. The molecule has 0 aromatic heterocycles. The molecule has 0 radical (unpaired) electrons. The largest absolute Gasteiger partial charge is 0.372 e. The number of hydrogen-bond donors (Lipinski definition) is 1. The van der Waals surface area contributed by atoms with Crippen LogP contribution in [0.3, 0.4) is 0 Å². The molecule has 0 spiro atoms. The standard InChI is InChI=1S/C16H27ClN2/c1-5-7-12(3)19(4)16-9-8-14(17)10-13(16)11-15(18)6-2/h8-10,12,15H,5-7,11,18H2,1-4H3. The zero-order valence-corrected chi connectivity index (χ0v) is 13.4. The van der Waals surface area contributed by atoms with E-state index in [1.54, 1.807) is 0 Å². The molecule has 1 aromatic carbocycles. The first-order chi connectivity index (χ1) is 8.99. The Kier molecular flexibility index (Phi) is 6.67. The Morgan fingerprint density at radius 2 is 2.00 bits per heavy atom. The highest BCUT2D eigenvalue weighted by atomic mass is 35.5. The number of nitrogens with two attached hydrogens (primary N) is 1. The first kappa shape index (κ1) is 16.3. The summed E-state index contributed by atoms with van der Waals surface area (Å²) in [4.78, 5) is 2.34. The SMILES string of the molecule is CCCC(C)N(C)c1ccc(Cl)cc1CC(N)CC. The van der Waals surface area contributed by atoms with Crippen LogP contribution in [0.1, 0.15) is 45.6 Å². The lowest BCUT2D eigenvalue weighted by molar-refractivity contribution is 0.607. The summed E-state index contributed by atoms with van der Waals surface area (Å²) in [5, 5.41) is 0.790. The molecule has 2 N–H and O–H groups in total. The van der Waals surface area contributed by atoms with E-state index in [2.05, 4.69) is 44.9 Å². The molecule has 0 amide bonds. The van der Waals surface area contributed by atoms with Crippen molar-refractivity contribution in [2.75, 3.05) is 11.9 Å². The first-order valence-corrected chi connectivity index (χ1v) is 7.64. The minimum atomic E-state index is 0.201. The average molecular weight is 283 g/mol. The predicted octanol–water partition coefficient (Wildman–Crippen LogP) is 4.24. The molecule has 0 aliphatic carbocycles. The summed E-state index contributed by atoms with van der Waals surface area (Å²) >= 11 is 6.13. The van der Waals surface area contributed by atoms with E-state index in [0.29, 0.717) is 6.04 Å². The van der Waals surface area contributed by atoms with Crippen molar-refractivity contribution in [1.82, 2.24) is 0 Å². The first-order valence-electron chi connectivity index (χ1n) is 7.26. The third-order valence-electron chi connectivity index (χ3n) is 3.80. The zero-order chi connectivity index (χ0) is 14.4. The summed E-state index contributed by atoms with van der Waals surface area (Å²) in [6.07, 6.45) is 4.26. The molecule has 2 unspecified atom stereocenters. The monoisotopic (exact) mass is 282 g/mol. The van der Waals surface area contributed by atoms with Crippen LogP contribution in [0.2, 0.25) is 5.02 Å². The van der Waals surface area contributed by atoms with E-state index in [4.69, 9.17) is 17.3 Å². The molecule has 2 nitrogen and oxygen atoms in total. The smallest absolute Gasteiger partial charge is 0.0410 e. The third kappa shape index (κ3) is 4.70. The van der Waals surface area contributed by atoms with Crippen LogP contribution in [0.25, 0.3) is 0 Å². The summed E-state index contributed by atoms with van der Waals surface area (Å²) in [5.74, 6) is 0. The fourth-order valence-corrected chi connectivity index (χ4v) is 2.53. The average Bonchev–Trinajstić information content (AvgIpc) is 2.38. The van der Waals surface area contributed by atoms with Gasteiger partial charge >= 0.3 is 0 Å². The van der Waals surface area contributed by atoms with Gasteiger partial charge in [-0.3, -0.25) is 0 Å². The normalized spacial score (nSPS) is 14.2. The number of hydrogen-bond acceptors (Lipinski definition) is 2. The van der Waals surface area contributed by atoms with E-state index in [1.807, 2.05) is 6.07 Å². The molecule has 1 aromatic rings. The van der Waals surface area contributed by atoms with Crippen LogP contribution in [0, 0.1) is 0 Å². The Morgan fingerprint density at radius 3 is 2.58 bits per heavy atom. The molecule has 108 valence electrons. The molecule has 1 rings (SSSR count). The Balaban J connectivity index is 2.98. The maximum absolute atomic E-state index is 6.13. The molecule has 0 bridgehead atoms. The van der Waals surface area contributed by atoms with Crippen molar-refractivity contribution in [1.29, 1.82) is 0 Å². The molecular formula is C16H27ClN2. The maximum Gasteiger partial charge on any atom is 0.0410 e. The molecule has 0 aliphatic heterocycles. The van der Waals surface area contributed by atoms with E-state index >= 15 is 0 Å². The number of nitrogens with zero attached hydrogens (tertiary/aromatic N) is 1. The summed E-state index contributed by atoms with van der Waals surface area (Å²) in [6, 6.07) is 6.87. The third-order valence-corrected chi connectivity index (χ3v) is 4.03. The van der Waals surface area contributed by atoms with Gasteiger partial charge in [-0.05, 0) is 49.9 Å². The van der Waals surface area contributed by atoms with E-state index in [1.165, 1.54) is 24.1 Å². The number of benzene rings is 1. The topological polar surface area (TPSA) is 29.3 Å². The lowest BCUT2D eigenvalue weighted by Crippen LogP contribution is -2.30. The van der Waals surface area contributed by atoms with E-state index in [0.717, 1.165) is 17.9 Å². The summed E-state index contributed by atoms with van der Waals surface area (Å²) in [5.41, 5.74) is 8.61. The summed E-state index contributed by atoms with van der Waals surface area (Å²) in [6.45, 7) is 6.61. The van der Waals surface area contributed by atoms with Gasteiger partial charge in [0.05, 0.1) is 0 Å². The Labute approximate surface area is 122 Å². The van der Waals surface area contributed by atoms with Gasteiger partial charge in [-0.15, -0.1) is 0 Å². The molecule has 3 heteroatoms. The molecule has 0 saturated carbocycles. The number of halogens is 1. The second-order valence-electron chi connectivity index (χ2n) is 5.39. The van der Waals surface area contributed by atoms with Crippen LogP contribution in [-0.4, -0.2) is 19.1 Å². The molecule has 0 fully saturated rings. The van der Waals surface area contributed by atoms with Crippen molar-refractivity contribution >= 4 is 17.3 Å². The minimum Gasteiger partial charge on any atom is -0.372 e. The summed E-state index contributed by atoms with van der Waals surface area (Å²) in [7, 11) is 2.16. The zero-order valence-electron chi connectivity index (χ0n) is 12.6. The lowest BCUT2D eigenvalue weighted by Gasteiger charge is -2.29. The van der Waals surface area contributed by atoms with Crippen molar-refractivity contribution in [2.24, 2.45) is 5.73 Å². The van der Waals surface area contributed by atoms with Gasteiger partial charge in [0.1, 0.15) is 0 Å². The van der Waals surface area contributed by atoms with Gasteiger partial charge in [0.25, 0.3) is 0 Å². The number of rotatable bonds is 7. The van der Waals surface area contributed by atoms with Crippen LogP contribution in [-0.2, 0) is 6.42 Å². The quantitative estimate of drug-likeness (QED) is 0.810. The van der Waals surface area contributed by atoms with Gasteiger partial charge in [-0.2, -0.15) is 0 Å². The van der Waals surface area contributed by atoms with Crippen LogP contribution in [0.5, 0.6) is 0 Å². The molecule has 0 aliphatic rings. The predicted molar refractivity (Wildman–Crippen MR) is 86.2 cm³/mol. The fourth-order valence-electron chi connectivity index (χ4n) is 2.34. The van der Waals surface area contributed by atoms with Gasteiger partial charge in [0, 0.05) is 29.8 Å². The molecule has 0 heterocycles. The van der Waals surface area contributed by atoms with Crippen LogP contribution in [0.4, 0.5) is 5.69 Å². The molecule has 19 heavy (non-hydrogen) atoms.